The Morgan fingerprint density at radius 1 is 0.315 bits per heavy atom. The molecule has 0 bridgehead atoms. The number of hydrogen-bond donors (Lipinski definition) is 7. The fraction of sp³-hybridized carbons (Fsp3) is 0.820. The summed E-state index contributed by atoms with van der Waals surface area (Å²) in [5.74, 6) is 9.95. The lowest BCUT2D eigenvalue weighted by molar-refractivity contribution is -0.192. The van der Waals surface area contributed by atoms with Crippen LogP contribution >= 0.6 is 46.4 Å². The fourth-order valence-electron chi connectivity index (χ4n) is 42.6. The Hall–Kier alpha value is -4.75. The van der Waals surface area contributed by atoms with Crippen molar-refractivity contribution >= 4 is 88.1 Å². The highest BCUT2D eigenvalue weighted by molar-refractivity contribution is 6.33. The van der Waals surface area contributed by atoms with Gasteiger partial charge in [0.15, 0.2) is 0 Å². The molecule has 0 aromatic rings. The molecule has 0 aliphatic heterocycles. The quantitative estimate of drug-likeness (QED) is 0.0371. The minimum absolute atomic E-state index is 0.00809. The van der Waals surface area contributed by atoms with E-state index >= 15 is 0 Å². The van der Waals surface area contributed by atoms with Gasteiger partial charge in [-0.3, -0.25) is 39.0 Å². The van der Waals surface area contributed by atoms with Crippen LogP contribution < -0.4 is 22.3 Å². The van der Waals surface area contributed by atoms with E-state index in [1.165, 1.54) is 139 Å². The number of aliphatic hydroxyl groups is 1. The summed E-state index contributed by atoms with van der Waals surface area (Å²) in [7, 11) is 0. The van der Waals surface area contributed by atoms with Crippen LogP contribution in [0.25, 0.3) is 0 Å². The van der Waals surface area contributed by atoms with E-state index in [0.29, 0.717) is 120 Å². The Morgan fingerprint density at radius 2 is 0.550 bits per heavy atom. The fourth-order valence-corrected chi connectivity index (χ4v) is 44.8. The Kier molecular flexibility index (Phi) is 29.6. The van der Waals surface area contributed by atoms with Crippen molar-refractivity contribution in [2.24, 2.45) is 215 Å². The summed E-state index contributed by atoms with van der Waals surface area (Å²) in [6, 6.07) is 0. The number of hydrogen-bond acceptors (Lipinski definition) is 13. The molecule has 0 aromatic heterocycles. The molecule has 9 N–H and O–H groups in total. The number of carboxylic acid groups (broad SMARTS) is 2. The Morgan fingerprint density at radius 3 is 0.792 bits per heavy atom. The molecule has 21 heteroatoms. The van der Waals surface area contributed by atoms with Crippen molar-refractivity contribution in [3.63, 3.8) is 0 Å². The normalized spacial score (nSPS) is 50.9. The van der Waals surface area contributed by atoms with Gasteiger partial charge in [0.1, 0.15) is 23.7 Å². The number of nitrogens with two attached hydrogens (primary N) is 2. The minimum atomic E-state index is -1.15. The molecular formula is C128H194Cl4N4O13. The summed E-state index contributed by atoms with van der Waals surface area (Å²) in [6.07, 6.45) is 40.0. The monoisotopic (exact) mass is 2140 g/mol. The summed E-state index contributed by atoms with van der Waals surface area (Å²) < 4.78 is 17.4. The lowest BCUT2D eigenvalue weighted by atomic mass is 9.35. The maximum Gasteiger partial charge on any atom is 0.313 e. The number of allylic oxidation sites excluding steroid dienone is 16. The van der Waals surface area contributed by atoms with Crippen molar-refractivity contribution in [2.75, 3.05) is 13.1 Å². The molecule has 0 spiro atoms. The first-order valence-corrected chi connectivity index (χ1v) is 60.6. The Bertz CT molecular complexity index is 5690. The number of aliphatic hydroxyl groups excluding tert-OH is 1. The van der Waals surface area contributed by atoms with Crippen LogP contribution in [-0.4, -0.2) is 94.5 Å². The number of rotatable bonds is 9. The van der Waals surface area contributed by atoms with Crippen LogP contribution in [0.4, 0.5) is 0 Å². The van der Waals surface area contributed by atoms with E-state index in [2.05, 4.69) is 201 Å². The van der Waals surface area contributed by atoms with Crippen molar-refractivity contribution in [3.05, 3.63) is 89.0 Å². The van der Waals surface area contributed by atoms with Crippen LogP contribution in [0, 0.1) is 203 Å². The van der Waals surface area contributed by atoms with Gasteiger partial charge in [0.05, 0.1) is 22.3 Å². The van der Waals surface area contributed by atoms with Gasteiger partial charge in [0, 0.05) is 54.0 Å². The number of halogens is 4. The number of nitrogens with one attached hydrogen (secondary N) is 2. The zero-order valence-corrected chi connectivity index (χ0v) is 101. The van der Waals surface area contributed by atoms with Crippen LogP contribution in [-0.2, 0) is 47.8 Å². The van der Waals surface area contributed by atoms with Crippen LogP contribution in [0.2, 0.25) is 0 Å². The van der Waals surface area contributed by atoms with E-state index in [0.717, 1.165) is 115 Å². The molecule has 0 heterocycles. The van der Waals surface area contributed by atoms with Crippen molar-refractivity contribution in [3.8, 4) is 0 Å². The van der Waals surface area contributed by atoms with Crippen LogP contribution in [0.15, 0.2) is 89.0 Å². The minimum Gasteiger partial charge on any atom is -0.481 e. The molecule has 40 atom stereocenters. The third-order valence-corrected chi connectivity index (χ3v) is 54.2. The van der Waals surface area contributed by atoms with E-state index in [9.17, 15) is 48.9 Å². The summed E-state index contributed by atoms with van der Waals surface area (Å²) in [5, 5.41) is 38.3. The first-order chi connectivity index (χ1) is 68.9. The molecule has 0 radical (unpaired) electrons. The number of aliphatic carboxylic acids is 2. The highest BCUT2D eigenvalue weighted by Crippen LogP contribution is 2.83. The number of carbonyl (C=O) groups is 7. The van der Waals surface area contributed by atoms with Gasteiger partial charge in [-0.25, -0.2) is 5.84 Å². The molecule has 0 aromatic carbocycles. The molecule has 8 unspecified atom stereocenters. The highest BCUT2D eigenvalue weighted by Gasteiger charge is 2.77. The lowest BCUT2D eigenvalue weighted by Crippen LogP contribution is -2.65. The maximum absolute atomic E-state index is 13.9. The summed E-state index contributed by atoms with van der Waals surface area (Å²) in [5.41, 5.74) is 15.6. The van der Waals surface area contributed by atoms with Gasteiger partial charge in [0.25, 0.3) is 0 Å². The Labute approximate surface area is 916 Å². The molecule has 832 valence electrons. The van der Waals surface area contributed by atoms with E-state index in [-0.39, 0.29) is 112 Å². The van der Waals surface area contributed by atoms with Crippen LogP contribution in [0.5, 0.6) is 0 Å². The van der Waals surface area contributed by atoms with Gasteiger partial charge in [-0.05, 0) is 461 Å². The van der Waals surface area contributed by atoms with Gasteiger partial charge < -0.3 is 40.6 Å². The zero-order valence-electron chi connectivity index (χ0n) is 97.5. The number of amides is 2. The van der Waals surface area contributed by atoms with E-state index in [1.54, 1.807) is 29.2 Å². The van der Waals surface area contributed by atoms with Gasteiger partial charge >= 0.3 is 29.8 Å². The predicted octanol–water partition coefficient (Wildman–Crippen LogP) is 29.9. The molecule has 20 rings (SSSR count). The van der Waals surface area contributed by atoms with Crippen molar-refractivity contribution in [1.29, 1.82) is 0 Å². The summed E-state index contributed by atoms with van der Waals surface area (Å²) in [4.78, 5) is 89.0. The molecule has 2 amide bonds. The smallest absolute Gasteiger partial charge is 0.313 e. The molecule has 17 nitrogen and oxygen atoms in total. The predicted molar refractivity (Wildman–Crippen MR) is 597 cm³/mol. The van der Waals surface area contributed by atoms with Crippen molar-refractivity contribution < 1.29 is 63.1 Å². The van der Waals surface area contributed by atoms with Gasteiger partial charge in [0.2, 0.25) is 11.8 Å². The number of fused-ring (bicyclic) bond motifs is 28. The van der Waals surface area contributed by atoms with Gasteiger partial charge in [-0.15, -0.1) is 0 Å². The average molecular weight is 2140 g/mol. The van der Waals surface area contributed by atoms with E-state index < -0.39 is 64.0 Å². The summed E-state index contributed by atoms with van der Waals surface area (Å²) in [6.45, 7) is 71.4. The van der Waals surface area contributed by atoms with Gasteiger partial charge in [-0.1, -0.05) is 235 Å². The van der Waals surface area contributed by atoms with Crippen molar-refractivity contribution in [2.45, 2.75) is 445 Å². The largest absolute Gasteiger partial charge is 0.481 e. The molecule has 16 fully saturated rings. The summed E-state index contributed by atoms with van der Waals surface area (Å²) >= 11 is 29.7. The molecule has 20 aliphatic carbocycles. The third kappa shape index (κ3) is 16.1. The molecule has 16 saturated carbocycles. The highest BCUT2D eigenvalue weighted by atomic mass is 35.5. The number of hydrazine groups is 1. The first kappa shape index (κ1) is 115. The average Bonchev–Trinajstić information content (AvgIpc) is 0.678. The second kappa shape index (κ2) is 38.3. The number of carboxylic acids is 2. The Balaban J connectivity index is 0.000000136. The first-order valence-electron chi connectivity index (χ1n) is 59.1. The molecular weight excluding hydrogens is 1940 g/mol. The molecule has 149 heavy (non-hydrogen) atoms. The van der Waals surface area contributed by atoms with Crippen molar-refractivity contribution in [1.82, 2.24) is 10.7 Å². The lowest BCUT2D eigenvalue weighted by Gasteiger charge is -2.69. The van der Waals surface area contributed by atoms with Gasteiger partial charge in [-0.2, -0.15) is 0 Å². The molecule has 20 aliphatic rings. The molecule has 0 saturated heterocycles. The van der Waals surface area contributed by atoms with Crippen LogP contribution in [0.1, 0.15) is 420 Å². The van der Waals surface area contributed by atoms with E-state index in [4.69, 9.17) is 72.2 Å². The number of esters is 3. The second-order valence-electron chi connectivity index (χ2n) is 59.2. The third-order valence-electron chi connectivity index (χ3n) is 53.0. The standard InChI is InChI=1S/C34H53ClN2O3.C32H49ClN2O3.C32H47ClO4.C30H45ClO3/c1-20-9-12-30(4)15-16-32(6)23(27(30)21(20)2)19-24(35)28-31(5)13-11-26(40-22(3)38)34(8,29(39)37-18-17-36)25(31)10-14-33(28,32)7;1-18-9-12-28(4)15-16-30(6)21(25(28)19(18)2)17-22(33)26-29(5)13-11-24(38-20(3)36)32(8,27(37)35-34)23(29)10-14-31(26,30)7;1-18-9-12-28(4)15-16-30(6)21(25(28)19(18)2)17-22(33)26-29(5)13-11-24(37-20(3)34)32(8,27(35)36)23(29)10-14-31(26,30)7;1-17-8-11-26(3)14-15-28(5)19(23(26)18(17)2)16-20(31)24-27(4)12-10-22(32)30(7,25(33)34)21(27)9-13-29(24,28)6/h19-21,25-27H,9-18,36H2,1-8H3,(H,37,39);17-19,23-25H,9-16,34H2,1-8H3,(H,35,37);17-19,23-25H,9-16H2,1-8H3,(H,35,36);16-18,21-23,32H,8-15H2,1-7H3,(H,33,34)/t20-,21+,25?,26-,27?,30-,31+,32-,33-,34-;2*18-,19+,23?,24-,25?,28-,29+,30-,31-,32-;17-,18+,21?,22-,23?,26-,27+,28-,29-,30-/m1111/s1. The zero-order chi connectivity index (χ0) is 110. The number of carbonyl (C=O) groups excluding carboxylic acids is 5. The maximum atomic E-state index is 13.9. The SMILES string of the molecule is CC(=O)O[C@@H]1CC[C@]2(C)C3=C(Cl)C=C4C5[C@@H](C)[C@H](C)CC[C@]5(C)CC[C@@]4(C)[C@]3(C)CCC2[C@@]1(C)C(=O)NCCN.CC(=O)O[C@@H]1CC[C@]2(C)C3=C(Cl)C=C4C5[C@@H](C)[C@H](C)CC[C@]5(C)CC[C@@]4(C)[C@]3(C)CCC2[C@@]1(C)C(=O)NN.CC(=O)O[C@@H]1CC[C@]2(C)C3=C(Cl)C=C4C5[C@@H](C)[C@H](C)CC[C@]5(C)CC[C@@]4(C)[C@]3(C)CCC2[C@@]1(C)C(=O)O.C[C@@H]1CC[C@]2(C)CC[C@]3(C)C(=CC(Cl)=C4[C@@]5(C)CC[C@@H](O)[C@](C)(C(=O)O)C5CC[C@]43C)C2[C@H]1C. The second-order valence-corrected chi connectivity index (χ2v) is 60.9. The van der Waals surface area contributed by atoms with E-state index in [1.807, 2.05) is 20.8 Å². The van der Waals surface area contributed by atoms with Crippen LogP contribution in [0.3, 0.4) is 0 Å². The number of ether oxygens (including phenoxy) is 3. The topological polar surface area (TPSA) is 284 Å².